The molecule has 0 bridgehead atoms. The summed E-state index contributed by atoms with van der Waals surface area (Å²) in [5, 5.41) is 3.68. The molecule has 0 saturated carbocycles. The van der Waals surface area contributed by atoms with Crippen LogP contribution in [-0.4, -0.2) is 17.7 Å². The van der Waals surface area contributed by atoms with Crippen molar-refractivity contribution in [3.8, 4) is 11.5 Å². The molecular formula is C17H11ClN2O4. The van der Waals surface area contributed by atoms with E-state index in [0.717, 1.165) is 0 Å². The number of aromatic nitrogens is 1. The van der Waals surface area contributed by atoms with Crippen LogP contribution in [0.5, 0.6) is 11.5 Å². The van der Waals surface area contributed by atoms with E-state index in [9.17, 15) is 9.59 Å². The van der Waals surface area contributed by atoms with Crippen LogP contribution in [0.1, 0.15) is 10.4 Å². The Labute approximate surface area is 141 Å². The summed E-state index contributed by atoms with van der Waals surface area (Å²) in [6.07, 6.45) is 0. The summed E-state index contributed by atoms with van der Waals surface area (Å²) >= 11 is 6.17. The third kappa shape index (κ3) is 2.47. The number of carbonyl (C=O) groups excluding carboxylic acids is 1. The molecule has 24 heavy (non-hydrogen) atoms. The van der Waals surface area contributed by atoms with Gasteiger partial charge in [-0.2, -0.15) is 0 Å². The van der Waals surface area contributed by atoms with Gasteiger partial charge >= 0.3 is 0 Å². The summed E-state index contributed by atoms with van der Waals surface area (Å²) < 4.78 is 10.5. The molecule has 7 heteroatoms. The smallest absolute Gasteiger partial charge is 0.256 e. The molecule has 0 saturated heterocycles. The van der Waals surface area contributed by atoms with E-state index in [0.29, 0.717) is 33.1 Å². The molecule has 4 rings (SSSR count). The first kappa shape index (κ1) is 14.6. The molecule has 1 amide bonds. The first-order chi connectivity index (χ1) is 11.6. The minimum atomic E-state index is -0.432. The van der Waals surface area contributed by atoms with Gasteiger partial charge in [-0.05, 0) is 6.07 Å². The predicted octanol–water partition coefficient (Wildman–Crippen LogP) is 3.16. The number of fused-ring (bicyclic) bond motifs is 2. The fourth-order valence-corrected chi connectivity index (χ4v) is 2.80. The van der Waals surface area contributed by atoms with E-state index in [-0.39, 0.29) is 17.9 Å². The standard InChI is InChI=1S/C17H11ClN2O4/c18-11-6-14-15(24-8-23-14)7-13(11)20-17(22)10-5-16(21)19-12-4-2-1-3-9(10)12/h1-7H,8H2,(H,19,21)(H,20,22). The van der Waals surface area contributed by atoms with Crippen LogP contribution in [0.15, 0.2) is 47.3 Å². The Hall–Kier alpha value is -2.99. The molecule has 2 aromatic carbocycles. The molecule has 0 aliphatic carbocycles. The maximum Gasteiger partial charge on any atom is 0.256 e. The average molecular weight is 343 g/mol. The fraction of sp³-hybridized carbons (Fsp3) is 0.0588. The van der Waals surface area contributed by atoms with E-state index >= 15 is 0 Å². The molecule has 0 radical (unpaired) electrons. The Bertz CT molecular complexity index is 1030. The summed E-state index contributed by atoms with van der Waals surface area (Å²) in [5.74, 6) is 0.600. The molecule has 1 aromatic heterocycles. The van der Waals surface area contributed by atoms with Crippen LogP contribution in [0.4, 0.5) is 5.69 Å². The lowest BCUT2D eigenvalue weighted by Gasteiger charge is -2.10. The fourth-order valence-electron chi connectivity index (χ4n) is 2.60. The molecule has 1 aliphatic heterocycles. The van der Waals surface area contributed by atoms with Crippen molar-refractivity contribution in [2.75, 3.05) is 12.1 Å². The van der Waals surface area contributed by atoms with Crippen molar-refractivity contribution in [1.29, 1.82) is 0 Å². The van der Waals surface area contributed by atoms with Crippen LogP contribution in [0.25, 0.3) is 10.9 Å². The number of halogens is 1. The second-order valence-corrected chi connectivity index (χ2v) is 5.64. The third-order valence-corrected chi connectivity index (χ3v) is 4.02. The molecule has 120 valence electrons. The lowest BCUT2D eigenvalue weighted by Crippen LogP contribution is -2.17. The van der Waals surface area contributed by atoms with Crippen molar-refractivity contribution in [2.24, 2.45) is 0 Å². The highest BCUT2D eigenvalue weighted by molar-refractivity contribution is 6.34. The van der Waals surface area contributed by atoms with Crippen LogP contribution in [-0.2, 0) is 0 Å². The van der Waals surface area contributed by atoms with Crippen molar-refractivity contribution >= 4 is 34.1 Å². The highest BCUT2D eigenvalue weighted by Gasteiger charge is 2.19. The summed E-state index contributed by atoms with van der Waals surface area (Å²) in [6.45, 7) is 0.113. The van der Waals surface area contributed by atoms with Crippen LogP contribution >= 0.6 is 11.6 Å². The Morgan fingerprint density at radius 3 is 2.71 bits per heavy atom. The van der Waals surface area contributed by atoms with Gasteiger partial charge < -0.3 is 19.8 Å². The first-order valence-corrected chi connectivity index (χ1v) is 7.52. The lowest BCUT2D eigenvalue weighted by atomic mass is 10.1. The van der Waals surface area contributed by atoms with Crippen LogP contribution < -0.4 is 20.3 Å². The van der Waals surface area contributed by atoms with Gasteiger partial charge in [-0.1, -0.05) is 29.8 Å². The monoisotopic (exact) mass is 342 g/mol. The Morgan fingerprint density at radius 2 is 1.88 bits per heavy atom. The van der Waals surface area contributed by atoms with Crippen LogP contribution in [0, 0.1) is 0 Å². The largest absolute Gasteiger partial charge is 0.454 e. The number of pyridine rings is 1. The number of hydrogen-bond donors (Lipinski definition) is 2. The Morgan fingerprint density at radius 1 is 1.12 bits per heavy atom. The number of benzene rings is 2. The Balaban J connectivity index is 1.74. The normalized spacial score (nSPS) is 12.4. The molecule has 2 N–H and O–H groups in total. The quantitative estimate of drug-likeness (QED) is 0.749. The number of nitrogens with one attached hydrogen (secondary N) is 2. The highest BCUT2D eigenvalue weighted by atomic mass is 35.5. The number of ether oxygens (including phenoxy) is 2. The van der Waals surface area contributed by atoms with Gasteiger partial charge in [0.15, 0.2) is 11.5 Å². The number of para-hydroxylation sites is 1. The maximum absolute atomic E-state index is 12.6. The van der Waals surface area contributed by atoms with E-state index in [2.05, 4.69) is 10.3 Å². The number of amides is 1. The topological polar surface area (TPSA) is 80.4 Å². The van der Waals surface area contributed by atoms with Crippen LogP contribution in [0.3, 0.4) is 0 Å². The molecule has 2 heterocycles. The van der Waals surface area contributed by atoms with Crippen LogP contribution in [0.2, 0.25) is 5.02 Å². The summed E-state index contributed by atoms with van der Waals surface area (Å²) in [6, 6.07) is 11.5. The second-order valence-electron chi connectivity index (χ2n) is 5.23. The molecule has 6 nitrogen and oxygen atoms in total. The molecule has 3 aromatic rings. The van der Waals surface area contributed by atoms with E-state index in [1.54, 1.807) is 36.4 Å². The number of hydrogen-bond acceptors (Lipinski definition) is 4. The molecule has 0 fully saturated rings. The summed E-state index contributed by atoms with van der Waals surface area (Å²) in [7, 11) is 0. The molecule has 1 aliphatic rings. The number of anilines is 1. The molecule has 0 atom stereocenters. The number of H-pyrrole nitrogens is 1. The van der Waals surface area contributed by atoms with Crippen molar-refractivity contribution < 1.29 is 14.3 Å². The lowest BCUT2D eigenvalue weighted by molar-refractivity contribution is 0.102. The zero-order valence-electron chi connectivity index (χ0n) is 12.3. The minimum Gasteiger partial charge on any atom is -0.454 e. The molecule has 0 unspecified atom stereocenters. The van der Waals surface area contributed by atoms with Gasteiger partial charge in [0.2, 0.25) is 12.4 Å². The molecule has 0 spiro atoms. The van der Waals surface area contributed by atoms with Gasteiger partial charge in [0.05, 0.1) is 16.3 Å². The van der Waals surface area contributed by atoms with Gasteiger partial charge in [-0.25, -0.2) is 0 Å². The van der Waals surface area contributed by atoms with E-state index in [4.69, 9.17) is 21.1 Å². The van der Waals surface area contributed by atoms with E-state index in [1.165, 1.54) is 6.07 Å². The number of carbonyl (C=O) groups is 1. The average Bonchev–Trinajstić information content (AvgIpc) is 3.01. The third-order valence-electron chi connectivity index (χ3n) is 3.71. The van der Waals surface area contributed by atoms with Gasteiger partial charge in [-0.15, -0.1) is 0 Å². The highest BCUT2D eigenvalue weighted by Crippen LogP contribution is 2.39. The van der Waals surface area contributed by atoms with Gasteiger partial charge in [0.25, 0.3) is 5.91 Å². The Kier molecular flexibility index (Phi) is 3.39. The zero-order chi connectivity index (χ0) is 16.7. The zero-order valence-corrected chi connectivity index (χ0v) is 13.0. The number of rotatable bonds is 2. The van der Waals surface area contributed by atoms with Crippen molar-refractivity contribution in [3.05, 3.63) is 63.4 Å². The predicted molar refractivity (Wildman–Crippen MR) is 90.1 cm³/mol. The maximum atomic E-state index is 12.6. The summed E-state index contributed by atoms with van der Waals surface area (Å²) in [5.41, 5.74) is 0.890. The summed E-state index contributed by atoms with van der Waals surface area (Å²) in [4.78, 5) is 27.1. The first-order valence-electron chi connectivity index (χ1n) is 7.14. The minimum absolute atomic E-state index is 0.113. The SMILES string of the molecule is O=C(Nc1cc2c(cc1Cl)OCO2)c1cc(=O)[nH]c2ccccc12. The number of aromatic amines is 1. The van der Waals surface area contributed by atoms with E-state index < -0.39 is 5.91 Å². The second kappa shape index (κ2) is 5.58. The van der Waals surface area contributed by atoms with Crippen molar-refractivity contribution in [2.45, 2.75) is 0 Å². The van der Waals surface area contributed by atoms with Gasteiger partial charge in [0.1, 0.15) is 0 Å². The van der Waals surface area contributed by atoms with E-state index in [1.807, 2.05) is 0 Å². The molecular weight excluding hydrogens is 332 g/mol. The van der Waals surface area contributed by atoms with Gasteiger partial charge in [-0.3, -0.25) is 9.59 Å². The van der Waals surface area contributed by atoms with Crippen molar-refractivity contribution in [3.63, 3.8) is 0 Å². The van der Waals surface area contributed by atoms with Gasteiger partial charge in [0, 0.05) is 29.1 Å². The van der Waals surface area contributed by atoms with Crippen molar-refractivity contribution in [1.82, 2.24) is 4.98 Å².